The first-order valence-electron chi connectivity index (χ1n) is 5.44. The molecule has 0 unspecified atom stereocenters. The molecular formula is C12H11N3O3Se. The summed E-state index contributed by atoms with van der Waals surface area (Å²) in [5.74, 6) is -1.54. The van der Waals surface area contributed by atoms with Gasteiger partial charge in [-0.15, -0.1) is 0 Å². The van der Waals surface area contributed by atoms with Crippen LogP contribution in [0.4, 0.5) is 5.69 Å². The van der Waals surface area contributed by atoms with Crippen molar-refractivity contribution < 1.29 is 14.7 Å². The number of fused-ring (bicyclic) bond motifs is 1. The van der Waals surface area contributed by atoms with Gasteiger partial charge in [-0.25, -0.2) is 0 Å². The van der Waals surface area contributed by atoms with Crippen molar-refractivity contribution in [1.29, 1.82) is 0 Å². The van der Waals surface area contributed by atoms with Crippen molar-refractivity contribution in [1.82, 2.24) is 7.96 Å². The zero-order chi connectivity index (χ0) is 14.0. The number of amides is 1. The average Bonchev–Trinajstić information content (AvgIpc) is 2.86. The Hall–Kier alpha value is -1.98. The molecule has 6 nitrogen and oxygen atoms in total. The molecule has 0 saturated carbocycles. The van der Waals surface area contributed by atoms with Gasteiger partial charge in [-0.05, 0) is 0 Å². The summed E-state index contributed by atoms with van der Waals surface area (Å²) in [5.41, 5.74) is 2.18. The second-order valence-corrected chi connectivity index (χ2v) is 5.06. The van der Waals surface area contributed by atoms with Gasteiger partial charge < -0.3 is 0 Å². The second kappa shape index (κ2) is 5.34. The van der Waals surface area contributed by atoms with E-state index in [-0.39, 0.29) is 26.1 Å². The van der Waals surface area contributed by atoms with E-state index in [9.17, 15) is 9.59 Å². The molecule has 1 aromatic carbocycles. The SMILES string of the molecule is CC(C(=O)O)=C(C)C(=O)Nc1cccc2n[se]nc12. The molecule has 0 radical (unpaired) electrons. The van der Waals surface area contributed by atoms with Gasteiger partial charge in [-0.1, -0.05) is 0 Å². The summed E-state index contributed by atoms with van der Waals surface area (Å²) in [6.07, 6.45) is 0. The van der Waals surface area contributed by atoms with Gasteiger partial charge in [0.15, 0.2) is 0 Å². The number of anilines is 1. The van der Waals surface area contributed by atoms with Crippen molar-refractivity contribution in [2.24, 2.45) is 0 Å². The summed E-state index contributed by atoms with van der Waals surface area (Å²) < 4.78 is 8.45. The number of rotatable bonds is 3. The molecule has 2 aromatic rings. The van der Waals surface area contributed by atoms with Crippen molar-refractivity contribution in [3.8, 4) is 0 Å². The minimum atomic E-state index is -1.10. The van der Waals surface area contributed by atoms with E-state index in [1.165, 1.54) is 13.8 Å². The van der Waals surface area contributed by atoms with Crippen LogP contribution in [0.5, 0.6) is 0 Å². The summed E-state index contributed by atoms with van der Waals surface area (Å²) in [6.45, 7) is 2.88. The fourth-order valence-electron chi connectivity index (χ4n) is 1.45. The van der Waals surface area contributed by atoms with Crippen LogP contribution in [0.15, 0.2) is 29.3 Å². The van der Waals surface area contributed by atoms with E-state index in [4.69, 9.17) is 5.11 Å². The van der Waals surface area contributed by atoms with Crippen LogP contribution >= 0.6 is 0 Å². The number of carbonyl (C=O) groups is 2. The minimum absolute atomic E-state index is 0.0240. The van der Waals surface area contributed by atoms with E-state index in [1.54, 1.807) is 12.1 Å². The van der Waals surface area contributed by atoms with Crippen molar-refractivity contribution >= 4 is 43.6 Å². The van der Waals surface area contributed by atoms with Gasteiger partial charge in [-0.3, -0.25) is 0 Å². The van der Waals surface area contributed by atoms with Crippen LogP contribution in [0, 0.1) is 0 Å². The Kier molecular flexibility index (Phi) is 3.78. The number of carbonyl (C=O) groups excluding carboxylic acids is 1. The zero-order valence-corrected chi connectivity index (χ0v) is 12.0. The maximum atomic E-state index is 12.0. The zero-order valence-electron chi connectivity index (χ0n) is 10.3. The summed E-state index contributed by atoms with van der Waals surface area (Å²) in [7, 11) is 0. The van der Waals surface area contributed by atoms with E-state index in [0.717, 1.165) is 5.52 Å². The van der Waals surface area contributed by atoms with Gasteiger partial charge in [0.05, 0.1) is 0 Å². The molecule has 0 aliphatic rings. The number of aliphatic carboxylic acids is 1. The molecule has 2 rings (SSSR count). The molecule has 98 valence electrons. The van der Waals surface area contributed by atoms with Gasteiger partial charge in [-0.2, -0.15) is 0 Å². The average molecular weight is 324 g/mol. The maximum absolute atomic E-state index is 12.0. The fraction of sp³-hybridized carbons (Fsp3) is 0.167. The molecule has 0 aliphatic heterocycles. The Morgan fingerprint density at radius 3 is 2.63 bits per heavy atom. The fourth-order valence-corrected chi connectivity index (χ4v) is 2.61. The quantitative estimate of drug-likeness (QED) is 0.650. The summed E-state index contributed by atoms with van der Waals surface area (Å²) >= 11 is -0.176. The first-order chi connectivity index (χ1) is 9.00. The molecular weight excluding hydrogens is 313 g/mol. The molecule has 1 heterocycles. The van der Waals surface area contributed by atoms with Crippen LogP contribution in [0.25, 0.3) is 11.0 Å². The molecule has 0 bridgehead atoms. The number of hydrogen-bond acceptors (Lipinski definition) is 4. The third-order valence-corrected chi connectivity index (χ3v) is 3.90. The van der Waals surface area contributed by atoms with Gasteiger partial charge in [0.1, 0.15) is 0 Å². The van der Waals surface area contributed by atoms with E-state index in [1.807, 2.05) is 6.07 Å². The first-order valence-corrected chi connectivity index (χ1v) is 6.97. The third-order valence-electron chi connectivity index (χ3n) is 2.76. The number of aromatic nitrogens is 2. The van der Waals surface area contributed by atoms with Gasteiger partial charge in [0, 0.05) is 0 Å². The van der Waals surface area contributed by atoms with E-state index < -0.39 is 11.9 Å². The summed E-state index contributed by atoms with van der Waals surface area (Å²) in [6, 6.07) is 5.33. The molecule has 1 aromatic heterocycles. The van der Waals surface area contributed by atoms with Crippen LogP contribution < -0.4 is 5.32 Å². The van der Waals surface area contributed by atoms with Gasteiger partial charge >= 0.3 is 115 Å². The van der Waals surface area contributed by atoms with Crippen LogP contribution in [0.3, 0.4) is 0 Å². The van der Waals surface area contributed by atoms with Crippen molar-refractivity contribution in [3.05, 3.63) is 29.3 Å². The number of carboxylic acid groups (broad SMARTS) is 1. The van der Waals surface area contributed by atoms with Crippen LogP contribution in [-0.2, 0) is 9.59 Å². The molecule has 0 aliphatic carbocycles. The molecule has 7 heteroatoms. The molecule has 0 atom stereocenters. The van der Waals surface area contributed by atoms with Crippen LogP contribution in [-0.4, -0.2) is 39.9 Å². The molecule has 2 N–H and O–H groups in total. The van der Waals surface area contributed by atoms with E-state index >= 15 is 0 Å². The Morgan fingerprint density at radius 1 is 1.21 bits per heavy atom. The Bertz CT molecular complexity index is 690. The molecule has 0 fully saturated rings. The second-order valence-electron chi connectivity index (χ2n) is 3.95. The standard InChI is InChI=1S/C12H11N3O3Se/c1-6(7(2)12(17)18)11(16)13-8-4-3-5-9-10(8)15-19-14-9/h3-5H,1-2H3,(H,13,16)(H,17,18). The topological polar surface area (TPSA) is 92.2 Å². The number of carboxylic acids is 1. The monoisotopic (exact) mass is 325 g/mol. The predicted octanol–water partition coefficient (Wildman–Crippen LogP) is 1.05. The third kappa shape index (κ3) is 2.72. The molecule has 0 spiro atoms. The van der Waals surface area contributed by atoms with E-state index in [0.29, 0.717) is 11.2 Å². The number of hydrogen-bond donors (Lipinski definition) is 2. The van der Waals surface area contributed by atoms with Crippen LogP contribution in [0.1, 0.15) is 13.8 Å². The number of benzene rings is 1. The van der Waals surface area contributed by atoms with Crippen molar-refractivity contribution in [2.45, 2.75) is 13.8 Å². The number of nitrogens with zero attached hydrogens (tertiary/aromatic N) is 2. The first kappa shape index (κ1) is 13.5. The van der Waals surface area contributed by atoms with E-state index in [2.05, 4.69) is 13.3 Å². The van der Waals surface area contributed by atoms with Gasteiger partial charge in [0.2, 0.25) is 0 Å². The molecule has 19 heavy (non-hydrogen) atoms. The Labute approximate surface area is 115 Å². The normalized spacial score (nSPS) is 12.1. The predicted molar refractivity (Wildman–Crippen MR) is 71.1 cm³/mol. The Morgan fingerprint density at radius 2 is 1.95 bits per heavy atom. The number of nitrogens with one attached hydrogen (secondary N) is 1. The van der Waals surface area contributed by atoms with Crippen molar-refractivity contribution in [2.75, 3.05) is 5.32 Å². The van der Waals surface area contributed by atoms with Crippen LogP contribution in [0.2, 0.25) is 0 Å². The Balaban J connectivity index is 2.31. The summed E-state index contributed by atoms with van der Waals surface area (Å²) in [5, 5.41) is 11.5. The van der Waals surface area contributed by atoms with Gasteiger partial charge in [0.25, 0.3) is 0 Å². The molecule has 1 amide bonds. The summed E-state index contributed by atoms with van der Waals surface area (Å²) in [4.78, 5) is 22.8. The van der Waals surface area contributed by atoms with Crippen molar-refractivity contribution in [3.63, 3.8) is 0 Å². The molecule has 0 saturated heterocycles.